The number of amides is 2. The van der Waals surface area contributed by atoms with Crippen LogP contribution in [0.15, 0.2) is 66.7 Å². The third-order valence-electron chi connectivity index (χ3n) is 6.20. The molecule has 32 heavy (non-hydrogen) atoms. The topological polar surface area (TPSA) is 64.7 Å². The molecule has 3 aromatic rings. The van der Waals surface area contributed by atoms with Crippen molar-refractivity contribution in [3.8, 4) is 0 Å². The second kappa shape index (κ2) is 9.40. The van der Waals surface area contributed by atoms with Crippen LogP contribution in [0, 0.1) is 0 Å². The number of hydrogen-bond acceptors (Lipinski definition) is 4. The van der Waals surface area contributed by atoms with Gasteiger partial charge in [-0.3, -0.25) is 9.59 Å². The van der Waals surface area contributed by atoms with Gasteiger partial charge in [0.2, 0.25) is 5.91 Å². The Kier molecular flexibility index (Phi) is 6.42. The predicted octanol–water partition coefficient (Wildman–Crippen LogP) is 3.20. The molecule has 0 bridgehead atoms. The number of benzene rings is 3. The standard InChI is InChI=1S/C26H30N4O2/c1-29(2)25(31)15-24(23-13-7-9-18-8-4-5-12-22(18)23)28-26(32)19-10-6-11-20(14-19)30(3)21-16-27-17-21/h4-14,21,24,27H,15-17H2,1-3H3,(H,28,32)/t24-/m1/s1. The lowest BCUT2D eigenvalue weighted by Crippen LogP contribution is -2.56. The minimum atomic E-state index is -0.430. The van der Waals surface area contributed by atoms with E-state index < -0.39 is 6.04 Å². The SMILES string of the molecule is CN(C)C(=O)C[C@@H](NC(=O)c1cccc(N(C)C2CNC2)c1)c1cccc2ccccc12. The maximum absolute atomic E-state index is 13.3. The first-order valence-corrected chi connectivity index (χ1v) is 11.0. The Bertz CT molecular complexity index is 1120. The van der Waals surface area contributed by atoms with Crippen LogP contribution in [0.4, 0.5) is 5.69 Å². The molecule has 1 heterocycles. The molecule has 0 aliphatic carbocycles. The number of fused-ring (bicyclic) bond motifs is 1. The summed E-state index contributed by atoms with van der Waals surface area (Å²) in [5.74, 6) is -0.217. The number of rotatable bonds is 7. The van der Waals surface area contributed by atoms with E-state index in [0.717, 1.165) is 35.1 Å². The number of nitrogens with one attached hydrogen (secondary N) is 2. The van der Waals surface area contributed by atoms with Crippen LogP contribution in [0.3, 0.4) is 0 Å². The summed E-state index contributed by atoms with van der Waals surface area (Å²) in [5.41, 5.74) is 2.54. The van der Waals surface area contributed by atoms with Crippen LogP contribution in [0.5, 0.6) is 0 Å². The van der Waals surface area contributed by atoms with Gasteiger partial charge in [0, 0.05) is 45.5 Å². The molecule has 166 valence electrons. The highest BCUT2D eigenvalue weighted by atomic mass is 16.2. The molecule has 1 fully saturated rings. The zero-order chi connectivity index (χ0) is 22.7. The Morgan fingerprint density at radius 3 is 2.44 bits per heavy atom. The molecule has 0 radical (unpaired) electrons. The number of anilines is 1. The summed E-state index contributed by atoms with van der Waals surface area (Å²) in [7, 11) is 5.52. The number of carbonyl (C=O) groups excluding carboxylic acids is 2. The summed E-state index contributed by atoms with van der Waals surface area (Å²) >= 11 is 0. The van der Waals surface area contributed by atoms with E-state index in [9.17, 15) is 9.59 Å². The molecule has 2 N–H and O–H groups in total. The van der Waals surface area contributed by atoms with E-state index in [1.165, 1.54) is 0 Å². The summed E-state index contributed by atoms with van der Waals surface area (Å²) in [5, 5.41) is 8.53. The molecule has 6 nitrogen and oxygen atoms in total. The van der Waals surface area contributed by atoms with E-state index in [2.05, 4.69) is 22.6 Å². The van der Waals surface area contributed by atoms with Gasteiger partial charge in [0.15, 0.2) is 0 Å². The number of likely N-dealkylation sites (N-methyl/N-ethyl adjacent to an activating group) is 1. The van der Waals surface area contributed by atoms with Crippen molar-refractivity contribution in [2.45, 2.75) is 18.5 Å². The van der Waals surface area contributed by atoms with Crippen molar-refractivity contribution >= 4 is 28.3 Å². The van der Waals surface area contributed by atoms with Crippen LogP contribution in [0.1, 0.15) is 28.4 Å². The number of carbonyl (C=O) groups is 2. The molecule has 0 spiro atoms. The van der Waals surface area contributed by atoms with Crippen LogP contribution < -0.4 is 15.5 Å². The van der Waals surface area contributed by atoms with Crippen LogP contribution in [0.2, 0.25) is 0 Å². The van der Waals surface area contributed by atoms with Crippen LogP contribution in [0.25, 0.3) is 10.8 Å². The molecular formula is C26H30N4O2. The number of hydrogen-bond donors (Lipinski definition) is 2. The molecule has 4 rings (SSSR count). The largest absolute Gasteiger partial charge is 0.369 e. The number of nitrogens with zero attached hydrogens (tertiary/aromatic N) is 2. The summed E-state index contributed by atoms with van der Waals surface area (Å²) in [6.45, 7) is 1.89. The van der Waals surface area contributed by atoms with Gasteiger partial charge in [0.25, 0.3) is 5.91 Å². The van der Waals surface area contributed by atoms with Crippen LogP contribution >= 0.6 is 0 Å². The average molecular weight is 431 g/mol. The first-order chi connectivity index (χ1) is 15.4. The fraction of sp³-hybridized carbons (Fsp3) is 0.308. The summed E-state index contributed by atoms with van der Waals surface area (Å²) in [6.07, 6.45) is 0.195. The maximum atomic E-state index is 13.3. The fourth-order valence-electron chi connectivity index (χ4n) is 4.02. The zero-order valence-electron chi connectivity index (χ0n) is 18.8. The molecule has 0 aromatic heterocycles. The first kappa shape index (κ1) is 21.8. The highest BCUT2D eigenvalue weighted by Gasteiger charge is 2.24. The van der Waals surface area contributed by atoms with Gasteiger partial charge in [-0.25, -0.2) is 0 Å². The van der Waals surface area contributed by atoms with Gasteiger partial charge >= 0.3 is 0 Å². The highest BCUT2D eigenvalue weighted by Crippen LogP contribution is 2.27. The Labute approximate surface area is 189 Å². The second-order valence-corrected chi connectivity index (χ2v) is 8.56. The van der Waals surface area contributed by atoms with Crippen molar-refractivity contribution in [2.75, 3.05) is 39.1 Å². The monoisotopic (exact) mass is 430 g/mol. The highest BCUT2D eigenvalue weighted by molar-refractivity contribution is 5.96. The second-order valence-electron chi connectivity index (χ2n) is 8.56. The molecule has 1 saturated heterocycles. The van der Waals surface area contributed by atoms with Gasteiger partial charge in [-0.15, -0.1) is 0 Å². The Hall–Kier alpha value is -3.38. The molecule has 6 heteroatoms. The van der Waals surface area contributed by atoms with Gasteiger partial charge < -0.3 is 20.4 Å². The molecule has 0 saturated carbocycles. The summed E-state index contributed by atoms with van der Waals surface area (Å²) in [6, 6.07) is 21.7. The minimum absolute atomic E-state index is 0.0331. The summed E-state index contributed by atoms with van der Waals surface area (Å²) in [4.78, 5) is 29.6. The van der Waals surface area contributed by atoms with E-state index in [1.807, 2.05) is 66.7 Å². The summed E-state index contributed by atoms with van der Waals surface area (Å²) < 4.78 is 0. The predicted molar refractivity (Wildman–Crippen MR) is 129 cm³/mol. The van der Waals surface area contributed by atoms with Crippen molar-refractivity contribution in [3.63, 3.8) is 0 Å². The van der Waals surface area contributed by atoms with E-state index >= 15 is 0 Å². The minimum Gasteiger partial charge on any atom is -0.369 e. The Morgan fingerprint density at radius 1 is 1.00 bits per heavy atom. The third-order valence-corrected chi connectivity index (χ3v) is 6.20. The first-order valence-electron chi connectivity index (χ1n) is 11.0. The zero-order valence-corrected chi connectivity index (χ0v) is 18.8. The van der Waals surface area contributed by atoms with Crippen molar-refractivity contribution in [1.29, 1.82) is 0 Å². The van der Waals surface area contributed by atoms with Gasteiger partial charge in [0.05, 0.1) is 18.5 Å². The molecule has 1 aliphatic heterocycles. The maximum Gasteiger partial charge on any atom is 0.251 e. The quantitative estimate of drug-likeness (QED) is 0.604. The van der Waals surface area contributed by atoms with E-state index in [4.69, 9.17) is 0 Å². The average Bonchev–Trinajstić information content (AvgIpc) is 2.77. The van der Waals surface area contributed by atoms with Crippen molar-refractivity contribution in [3.05, 3.63) is 77.9 Å². The van der Waals surface area contributed by atoms with Gasteiger partial charge in [-0.2, -0.15) is 0 Å². The molecule has 2 amide bonds. The van der Waals surface area contributed by atoms with Crippen molar-refractivity contribution < 1.29 is 9.59 Å². The van der Waals surface area contributed by atoms with E-state index in [1.54, 1.807) is 19.0 Å². The normalized spacial score (nSPS) is 14.5. The Morgan fingerprint density at radius 2 is 1.72 bits per heavy atom. The Balaban J connectivity index is 1.62. The smallest absolute Gasteiger partial charge is 0.251 e. The van der Waals surface area contributed by atoms with Gasteiger partial charge in [0.1, 0.15) is 0 Å². The van der Waals surface area contributed by atoms with Crippen molar-refractivity contribution in [1.82, 2.24) is 15.5 Å². The molecule has 0 unspecified atom stereocenters. The van der Waals surface area contributed by atoms with Crippen molar-refractivity contribution in [2.24, 2.45) is 0 Å². The van der Waals surface area contributed by atoms with E-state index in [-0.39, 0.29) is 18.2 Å². The molecular weight excluding hydrogens is 400 g/mol. The van der Waals surface area contributed by atoms with Gasteiger partial charge in [-0.1, -0.05) is 48.5 Å². The lowest BCUT2D eigenvalue weighted by Gasteiger charge is -2.37. The lowest BCUT2D eigenvalue weighted by molar-refractivity contribution is -0.129. The van der Waals surface area contributed by atoms with E-state index in [0.29, 0.717) is 11.6 Å². The molecule has 3 aromatic carbocycles. The van der Waals surface area contributed by atoms with Crippen LogP contribution in [-0.4, -0.2) is 57.0 Å². The van der Waals surface area contributed by atoms with Crippen LogP contribution in [-0.2, 0) is 4.79 Å². The lowest BCUT2D eigenvalue weighted by atomic mass is 9.96. The van der Waals surface area contributed by atoms with Gasteiger partial charge in [-0.05, 0) is 34.5 Å². The molecule has 1 aliphatic rings. The fourth-order valence-corrected chi connectivity index (χ4v) is 4.02. The third kappa shape index (κ3) is 4.60. The molecule has 1 atom stereocenters.